The van der Waals surface area contributed by atoms with E-state index in [1.54, 1.807) is 0 Å². The molecule has 1 saturated heterocycles. The lowest BCUT2D eigenvalue weighted by Gasteiger charge is -2.34. The Kier molecular flexibility index (Phi) is 3.08. The van der Waals surface area contributed by atoms with E-state index in [9.17, 15) is 5.26 Å². The SMILES string of the molecule is N#CC1(N2CCCCCC2)CCCC1. The standard InChI is InChI=1S/C12H20N2/c13-11-12(7-3-4-8-12)14-9-5-1-2-6-10-14/h1-10H2. The van der Waals surface area contributed by atoms with Gasteiger partial charge < -0.3 is 0 Å². The molecule has 0 unspecified atom stereocenters. The average molecular weight is 192 g/mol. The summed E-state index contributed by atoms with van der Waals surface area (Å²) in [5.41, 5.74) is -0.0651. The first-order valence-electron chi connectivity index (χ1n) is 6.04. The van der Waals surface area contributed by atoms with Crippen molar-refractivity contribution >= 4 is 0 Å². The molecule has 2 aliphatic rings. The first-order valence-corrected chi connectivity index (χ1v) is 6.04. The molecule has 0 amide bonds. The summed E-state index contributed by atoms with van der Waals surface area (Å²) in [6.45, 7) is 2.32. The Labute approximate surface area is 86.9 Å². The normalized spacial score (nSPS) is 28.2. The van der Waals surface area contributed by atoms with Crippen LogP contribution in [0.1, 0.15) is 51.4 Å². The van der Waals surface area contributed by atoms with Gasteiger partial charge in [0.25, 0.3) is 0 Å². The molecule has 1 aliphatic carbocycles. The van der Waals surface area contributed by atoms with Crippen LogP contribution < -0.4 is 0 Å². The van der Waals surface area contributed by atoms with E-state index in [2.05, 4.69) is 11.0 Å². The maximum absolute atomic E-state index is 9.37. The summed E-state index contributed by atoms with van der Waals surface area (Å²) in [6.07, 6.45) is 10.0. The quantitative estimate of drug-likeness (QED) is 0.638. The van der Waals surface area contributed by atoms with Crippen molar-refractivity contribution in [3.8, 4) is 6.07 Å². The highest BCUT2D eigenvalue weighted by Crippen LogP contribution is 2.35. The molecule has 0 aromatic heterocycles. The van der Waals surface area contributed by atoms with E-state index in [4.69, 9.17) is 0 Å². The van der Waals surface area contributed by atoms with Crippen molar-refractivity contribution in [3.05, 3.63) is 0 Å². The Bertz CT molecular complexity index is 215. The maximum atomic E-state index is 9.37. The molecule has 1 saturated carbocycles. The van der Waals surface area contributed by atoms with Gasteiger partial charge >= 0.3 is 0 Å². The van der Waals surface area contributed by atoms with Crippen molar-refractivity contribution in [2.45, 2.75) is 56.9 Å². The molecule has 0 spiro atoms. The molecule has 2 nitrogen and oxygen atoms in total. The van der Waals surface area contributed by atoms with Crippen LogP contribution in [-0.4, -0.2) is 23.5 Å². The van der Waals surface area contributed by atoms with E-state index in [1.807, 2.05) is 0 Å². The molecule has 0 aromatic rings. The highest BCUT2D eigenvalue weighted by atomic mass is 15.2. The minimum atomic E-state index is -0.0651. The molecule has 0 radical (unpaired) electrons. The summed E-state index contributed by atoms with van der Waals surface area (Å²) in [4.78, 5) is 2.48. The van der Waals surface area contributed by atoms with Gasteiger partial charge in [0.15, 0.2) is 0 Å². The van der Waals surface area contributed by atoms with Gasteiger partial charge in [0, 0.05) is 0 Å². The topological polar surface area (TPSA) is 27.0 Å². The largest absolute Gasteiger partial charge is 0.286 e. The van der Waals surface area contributed by atoms with Gasteiger partial charge in [0.1, 0.15) is 5.54 Å². The third kappa shape index (κ3) is 1.79. The Morgan fingerprint density at radius 3 is 1.93 bits per heavy atom. The lowest BCUT2D eigenvalue weighted by molar-refractivity contribution is 0.147. The minimum Gasteiger partial charge on any atom is -0.286 e. The van der Waals surface area contributed by atoms with Gasteiger partial charge in [-0.2, -0.15) is 5.26 Å². The van der Waals surface area contributed by atoms with Crippen LogP contribution in [0, 0.1) is 11.3 Å². The summed E-state index contributed by atoms with van der Waals surface area (Å²) < 4.78 is 0. The Morgan fingerprint density at radius 2 is 1.43 bits per heavy atom. The zero-order chi connectivity index (χ0) is 9.86. The van der Waals surface area contributed by atoms with Crippen molar-refractivity contribution in [1.82, 2.24) is 4.90 Å². The lowest BCUT2D eigenvalue weighted by atomic mass is 9.97. The maximum Gasteiger partial charge on any atom is 0.109 e. The number of nitrogens with zero attached hydrogens (tertiary/aromatic N) is 2. The Morgan fingerprint density at radius 1 is 0.857 bits per heavy atom. The first kappa shape index (κ1) is 9.98. The van der Waals surface area contributed by atoms with Gasteiger partial charge in [-0.1, -0.05) is 25.7 Å². The van der Waals surface area contributed by atoms with Gasteiger partial charge in [-0.3, -0.25) is 4.90 Å². The van der Waals surface area contributed by atoms with Crippen molar-refractivity contribution in [1.29, 1.82) is 5.26 Å². The zero-order valence-corrected chi connectivity index (χ0v) is 8.97. The van der Waals surface area contributed by atoms with Gasteiger partial charge in [-0.25, -0.2) is 0 Å². The Balaban J connectivity index is 2.06. The second-order valence-electron chi connectivity index (χ2n) is 4.75. The Hall–Kier alpha value is -0.550. The summed E-state index contributed by atoms with van der Waals surface area (Å²) in [7, 11) is 0. The predicted molar refractivity (Wildman–Crippen MR) is 56.9 cm³/mol. The van der Waals surface area contributed by atoms with Gasteiger partial charge in [-0.05, 0) is 38.8 Å². The summed E-state index contributed by atoms with van der Waals surface area (Å²) in [5.74, 6) is 0. The highest BCUT2D eigenvalue weighted by Gasteiger charge is 2.39. The third-order valence-electron chi connectivity index (χ3n) is 3.85. The molecule has 2 heteroatoms. The van der Waals surface area contributed by atoms with Crippen LogP contribution in [0.25, 0.3) is 0 Å². The molecule has 0 bridgehead atoms. The van der Waals surface area contributed by atoms with E-state index < -0.39 is 0 Å². The second kappa shape index (κ2) is 4.31. The second-order valence-corrected chi connectivity index (χ2v) is 4.75. The number of hydrogen-bond acceptors (Lipinski definition) is 2. The number of nitriles is 1. The van der Waals surface area contributed by atoms with Crippen LogP contribution >= 0.6 is 0 Å². The first-order chi connectivity index (χ1) is 6.87. The molecular formula is C12H20N2. The molecule has 2 fully saturated rings. The van der Waals surface area contributed by atoms with E-state index in [0.29, 0.717) is 0 Å². The molecular weight excluding hydrogens is 172 g/mol. The van der Waals surface area contributed by atoms with Crippen LogP contribution in [-0.2, 0) is 0 Å². The van der Waals surface area contributed by atoms with Crippen molar-refractivity contribution in [2.24, 2.45) is 0 Å². The molecule has 0 atom stereocenters. The molecule has 1 heterocycles. The van der Waals surface area contributed by atoms with Crippen molar-refractivity contribution in [3.63, 3.8) is 0 Å². The van der Waals surface area contributed by atoms with Crippen molar-refractivity contribution in [2.75, 3.05) is 13.1 Å². The van der Waals surface area contributed by atoms with Crippen LogP contribution in [0.15, 0.2) is 0 Å². The number of likely N-dealkylation sites (tertiary alicyclic amines) is 1. The molecule has 1 aliphatic heterocycles. The fourth-order valence-electron chi connectivity index (χ4n) is 2.96. The van der Waals surface area contributed by atoms with Crippen LogP contribution in [0.4, 0.5) is 0 Å². The van der Waals surface area contributed by atoms with E-state index in [1.165, 1.54) is 38.5 Å². The predicted octanol–water partition coefficient (Wildman–Crippen LogP) is 2.70. The molecule has 78 valence electrons. The van der Waals surface area contributed by atoms with Crippen LogP contribution in [0.2, 0.25) is 0 Å². The monoisotopic (exact) mass is 192 g/mol. The minimum absolute atomic E-state index is 0.0651. The zero-order valence-electron chi connectivity index (χ0n) is 8.97. The summed E-state index contributed by atoms with van der Waals surface area (Å²) in [5, 5.41) is 9.37. The molecule has 14 heavy (non-hydrogen) atoms. The fourth-order valence-corrected chi connectivity index (χ4v) is 2.96. The van der Waals surface area contributed by atoms with Gasteiger partial charge in [-0.15, -0.1) is 0 Å². The third-order valence-corrected chi connectivity index (χ3v) is 3.85. The smallest absolute Gasteiger partial charge is 0.109 e. The van der Waals surface area contributed by atoms with Crippen molar-refractivity contribution < 1.29 is 0 Å². The van der Waals surface area contributed by atoms with Crippen LogP contribution in [0.3, 0.4) is 0 Å². The summed E-state index contributed by atoms with van der Waals surface area (Å²) in [6, 6.07) is 2.60. The van der Waals surface area contributed by atoms with Gasteiger partial charge in [0.05, 0.1) is 6.07 Å². The van der Waals surface area contributed by atoms with Crippen LogP contribution in [0.5, 0.6) is 0 Å². The highest BCUT2D eigenvalue weighted by molar-refractivity contribution is 5.11. The number of rotatable bonds is 1. The van der Waals surface area contributed by atoms with E-state index >= 15 is 0 Å². The van der Waals surface area contributed by atoms with E-state index in [0.717, 1.165) is 25.9 Å². The van der Waals surface area contributed by atoms with Gasteiger partial charge in [0.2, 0.25) is 0 Å². The summed E-state index contributed by atoms with van der Waals surface area (Å²) >= 11 is 0. The molecule has 0 aromatic carbocycles. The number of hydrogen-bond donors (Lipinski definition) is 0. The lowest BCUT2D eigenvalue weighted by Crippen LogP contribution is -2.46. The van der Waals surface area contributed by atoms with E-state index in [-0.39, 0.29) is 5.54 Å². The molecule has 2 rings (SSSR count). The fraction of sp³-hybridized carbons (Fsp3) is 0.917. The average Bonchev–Trinajstić information content (AvgIpc) is 2.54. The molecule has 0 N–H and O–H groups in total.